The third kappa shape index (κ3) is 2.86. The lowest BCUT2D eigenvalue weighted by atomic mass is 9.43. The highest BCUT2D eigenvalue weighted by Gasteiger charge is 2.70. The number of halogens is 3. The van der Waals surface area contributed by atoms with Gasteiger partial charge >= 0.3 is 5.97 Å². The van der Waals surface area contributed by atoms with Crippen LogP contribution in [0.4, 0.5) is 0 Å². The predicted molar refractivity (Wildman–Crippen MR) is 128 cm³/mol. The molecule has 5 rings (SSSR count). The number of aliphatic hydroxyl groups excluding tert-OH is 1. The molecule has 4 aliphatic rings. The average molecular weight is 532 g/mol. The molecule has 1 aromatic rings. The van der Waals surface area contributed by atoms with Crippen LogP contribution in [-0.4, -0.2) is 50.5 Å². The van der Waals surface area contributed by atoms with Gasteiger partial charge in [-0.3, -0.25) is 4.79 Å². The first-order chi connectivity index (χ1) is 15.7. The molecule has 2 heterocycles. The highest BCUT2D eigenvalue weighted by molar-refractivity contribution is 6.39. The Labute approximate surface area is 213 Å². The van der Waals surface area contributed by atoms with Crippen molar-refractivity contribution in [1.29, 1.82) is 0 Å². The van der Waals surface area contributed by atoms with Gasteiger partial charge in [0.25, 0.3) is 0 Å². The van der Waals surface area contributed by atoms with E-state index in [0.717, 1.165) is 0 Å². The summed E-state index contributed by atoms with van der Waals surface area (Å²) in [5.74, 6) is -1.42. The number of hydrogen-bond acceptors (Lipinski definition) is 6. The largest absolute Gasteiger partial charge is 0.505 e. The molecule has 0 amide bonds. The zero-order valence-corrected chi connectivity index (χ0v) is 22.0. The third-order valence-corrected chi connectivity index (χ3v) is 10.9. The molecule has 2 aliphatic heterocycles. The monoisotopic (exact) mass is 530 g/mol. The first-order valence-corrected chi connectivity index (χ1v) is 12.9. The Morgan fingerprint density at radius 1 is 1.03 bits per heavy atom. The second-order valence-corrected chi connectivity index (χ2v) is 12.7. The van der Waals surface area contributed by atoms with Crippen molar-refractivity contribution in [3.63, 3.8) is 0 Å². The second kappa shape index (κ2) is 7.41. The smallest absolute Gasteiger partial charge is 0.342 e. The van der Waals surface area contributed by atoms with Gasteiger partial charge in [-0.2, -0.15) is 0 Å². The van der Waals surface area contributed by atoms with E-state index < -0.39 is 39.3 Å². The number of phenols is 1. The maximum atomic E-state index is 13.1. The molecule has 2 aliphatic carbocycles. The molecule has 1 aromatic carbocycles. The van der Waals surface area contributed by atoms with Crippen LogP contribution in [0.5, 0.6) is 11.5 Å². The van der Waals surface area contributed by atoms with Gasteiger partial charge in [0.15, 0.2) is 11.5 Å². The number of phenolic OH excluding ortho intramolecular Hbond substituents is 1. The van der Waals surface area contributed by atoms with Crippen LogP contribution in [0.25, 0.3) is 0 Å². The normalized spacial score (nSPS) is 42.5. The van der Waals surface area contributed by atoms with E-state index in [1.165, 1.54) is 0 Å². The lowest BCUT2D eigenvalue weighted by molar-refractivity contribution is -0.210. The van der Waals surface area contributed by atoms with Gasteiger partial charge in [0.2, 0.25) is 0 Å². The molecular weight excluding hydrogens is 503 g/mol. The van der Waals surface area contributed by atoms with E-state index in [9.17, 15) is 19.8 Å². The molecule has 2 fully saturated rings. The van der Waals surface area contributed by atoms with Crippen molar-refractivity contribution in [2.24, 2.45) is 22.7 Å². The molecule has 0 spiro atoms. The highest BCUT2D eigenvalue weighted by Crippen LogP contribution is 2.66. The number of benzene rings is 1. The topological polar surface area (TPSA) is 93.1 Å². The molecule has 0 radical (unpaired) electrons. The fourth-order valence-electron chi connectivity index (χ4n) is 7.34. The number of fused-ring (bicyclic) bond motifs is 6. The molecule has 186 valence electrons. The van der Waals surface area contributed by atoms with E-state index in [-0.39, 0.29) is 45.8 Å². The maximum Gasteiger partial charge on any atom is 0.342 e. The minimum absolute atomic E-state index is 0.0592. The molecule has 8 atom stereocenters. The van der Waals surface area contributed by atoms with Crippen molar-refractivity contribution in [2.75, 3.05) is 0 Å². The van der Waals surface area contributed by atoms with Gasteiger partial charge in [0.1, 0.15) is 33.4 Å². The van der Waals surface area contributed by atoms with E-state index >= 15 is 0 Å². The average Bonchev–Trinajstić information content (AvgIpc) is 2.76. The lowest BCUT2D eigenvalue weighted by Gasteiger charge is -2.66. The van der Waals surface area contributed by atoms with Crippen molar-refractivity contribution < 1.29 is 29.3 Å². The Morgan fingerprint density at radius 3 is 2.32 bits per heavy atom. The Morgan fingerprint density at radius 2 is 1.68 bits per heavy atom. The number of ketones is 1. The lowest BCUT2D eigenvalue weighted by Crippen LogP contribution is -2.73. The van der Waals surface area contributed by atoms with Crippen LogP contribution in [0.1, 0.15) is 62.5 Å². The fraction of sp³-hybridized carbons (Fsp3) is 0.680. The van der Waals surface area contributed by atoms with Gasteiger partial charge in [0.05, 0.1) is 11.5 Å². The van der Waals surface area contributed by atoms with Gasteiger partial charge in [-0.15, -0.1) is 23.2 Å². The fourth-order valence-corrected chi connectivity index (χ4v) is 8.56. The number of aromatic hydroxyl groups is 1. The van der Waals surface area contributed by atoms with E-state index in [4.69, 9.17) is 44.3 Å². The van der Waals surface area contributed by atoms with Crippen molar-refractivity contribution >= 4 is 46.6 Å². The first-order valence-electron chi connectivity index (χ1n) is 11.6. The number of alkyl halides is 2. The number of esters is 1. The predicted octanol–water partition coefficient (Wildman–Crippen LogP) is 4.67. The van der Waals surface area contributed by atoms with Crippen LogP contribution in [0, 0.1) is 22.7 Å². The number of hydrogen-bond donors (Lipinski definition) is 2. The van der Waals surface area contributed by atoms with E-state index in [1.807, 2.05) is 27.7 Å². The van der Waals surface area contributed by atoms with Crippen molar-refractivity contribution in [2.45, 2.75) is 82.4 Å². The Balaban J connectivity index is 1.74. The SMILES string of the molecule is C[C@@H]1Cc2c3c(c(Cl)c(O)c2C(=O)O1)O[C@]1(C)[C@@H](C3)[C@@]2(C)[C@@H](Cl)C(Cl)C(=O)C(C)(C)[C@@H]2C[C@@H]1O. The van der Waals surface area contributed by atoms with Gasteiger partial charge < -0.3 is 19.7 Å². The second-order valence-electron chi connectivity index (χ2n) is 11.3. The zero-order chi connectivity index (χ0) is 25.1. The summed E-state index contributed by atoms with van der Waals surface area (Å²) in [4.78, 5) is 25.8. The first kappa shape index (κ1) is 24.5. The number of aliphatic hydroxyl groups is 1. The van der Waals surface area contributed by atoms with Crippen LogP contribution in [0.3, 0.4) is 0 Å². The van der Waals surface area contributed by atoms with E-state index in [0.29, 0.717) is 30.4 Å². The van der Waals surface area contributed by atoms with Crippen molar-refractivity contribution in [3.8, 4) is 11.5 Å². The quantitative estimate of drug-likeness (QED) is 0.373. The van der Waals surface area contributed by atoms with Crippen LogP contribution in [0.15, 0.2) is 0 Å². The molecule has 0 aromatic heterocycles. The molecule has 2 saturated carbocycles. The summed E-state index contributed by atoms with van der Waals surface area (Å²) < 4.78 is 11.8. The summed E-state index contributed by atoms with van der Waals surface area (Å²) >= 11 is 20.1. The molecule has 0 bridgehead atoms. The summed E-state index contributed by atoms with van der Waals surface area (Å²) in [6.07, 6.45) is -0.185. The van der Waals surface area contributed by atoms with Crippen LogP contribution in [0.2, 0.25) is 5.02 Å². The summed E-state index contributed by atoms with van der Waals surface area (Å²) in [6.45, 7) is 9.40. The van der Waals surface area contributed by atoms with Crippen molar-refractivity contribution in [1.82, 2.24) is 0 Å². The molecule has 1 unspecified atom stereocenters. The Kier molecular flexibility index (Phi) is 5.33. The number of carbonyl (C=O) groups excluding carboxylic acids is 2. The standard InChI is InChI=1S/C25H29Cl3O6/c1-9-6-10-11-7-13-24(4)12(23(2,3)21(31)17(27)20(24)28)8-14(29)25(13,5)34-19(11)16(26)18(30)15(10)22(32)33-9/h9,12-14,17,20,29-30H,6-8H2,1-5H3/t9-,12+,13+,14+,17?,20+,24+,25-/m1/s1. The van der Waals surface area contributed by atoms with E-state index in [2.05, 4.69) is 0 Å². The molecule has 0 saturated heterocycles. The summed E-state index contributed by atoms with van der Waals surface area (Å²) in [6, 6.07) is 0. The van der Waals surface area contributed by atoms with Gasteiger partial charge in [0, 0.05) is 23.3 Å². The number of cyclic esters (lactones) is 1. The van der Waals surface area contributed by atoms with Crippen LogP contribution in [-0.2, 0) is 22.4 Å². The maximum absolute atomic E-state index is 13.1. The number of Topliss-reactive ketones (excluding diaryl/α,β-unsaturated/α-hetero) is 1. The minimum Gasteiger partial charge on any atom is -0.505 e. The molecule has 34 heavy (non-hydrogen) atoms. The highest BCUT2D eigenvalue weighted by atomic mass is 35.5. The number of ether oxygens (including phenoxy) is 2. The third-order valence-electron chi connectivity index (χ3n) is 9.24. The van der Waals surface area contributed by atoms with E-state index in [1.54, 1.807) is 6.92 Å². The summed E-state index contributed by atoms with van der Waals surface area (Å²) in [5, 5.41) is 20.5. The zero-order valence-electron chi connectivity index (χ0n) is 19.7. The molecule has 6 nitrogen and oxygen atoms in total. The molecule has 9 heteroatoms. The number of rotatable bonds is 0. The van der Waals surface area contributed by atoms with Crippen LogP contribution < -0.4 is 4.74 Å². The van der Waals surface area contributed by atoms with Gasteiger partial charge in [-0.05, 0) is 43.6 Å². The molecular formula is C25H29Cl3O6. The van der Waals surface area contributed by atoms with Crippen molar-refractivity contribution in [3.05, 3.63) is 21.7 Å². The minimum atomic E-state index is -1.09. The Bertz CT molecular complexity index is 1120. The van der Waals surface area contributed by atoms with Gasteiger partial charge in [-0.25, -0.2) is 4.79 Å². The molecule has 2 N–H and O–H groups in total. The Hall–Kier alpha value is -1.21. The summed E-state index contributed by atoms with van der Waals surface area (Å²) in [7, 11) is 0. The van der Waals surface area contributed by atoms with Gasteiger partial charge in [-0.1, -0.05) is 32.4 Å². The number of carbonyl (C=O) groups is 2. The van der Waals surface area contributed by atoms with Crippen LogP contribution >= 0.6 is 34.8 Å². The summed E-state index contributed by atoms with van der Waals surface area (Å²) in [5.41, 5.74) is -1.15.